The lowest BCUT2D eigenvalue weighted by atomic mass is 10.0. The number of aromatic nitrogens is 7. The standard InChI is InChI=1S/C59H55Cl3FN11O5/c1-8-48(75)70-22-21-37(30-70)79-57-42-28-45(62)51(39-14-9-11-15-46(39)63)66-56(42)74(59(78)69-57)53-33(6)25-36(65-50(53)32(4)5)18-20-49(76)71-23-24-72(34(7)29-71)54-41-27-44(61)52(40-26-35(64)17-19-43(40)60)67-55(41)73(58(77)68-54)47-16-12-10-13-38(47)31(2)3/h8-20,25-28,31-32,34,37H,1,21-24,29-30,64H2,2-7H3/b20-18-/t34-,37?/m0/s1. The van der Waals surface area contributed by atoms with Gasteiger partial charge in [0.1, 0.15) is 17.7 Å². The van der Waals surface area contributed by atoms with E-state index in [1.54, 1.807) is 70.5 Å². The number of likely N-dealkylation sites (tertiary alicyclic amines) is 1. The van der Waals surface area contributed by atoms with Crippen molar-refractivity contribution in [3.63, 3.8) is 0 Å². The number of anilines is 2. The first-order valence-electron chi connectivity index (χ1n) is 25.8. The first-order valence-corrected chi connectivity index (χ1v) is 26.9. The van der Waals surface area contributed by atoms with E-state index >= 15 is 4.39 Å². The van der Waals surface area contributed by atoms with Crippen LogP contribution >= 0.6 is 34.8 Å². The molecule has 2 aliphatic rings. The fraction of sp³-hybridized carbons (Fsp3) is 0.271. The first kappa shape index (κ1) is 54.4. The third-order valence-corrected chi connectivity index (χ3v) is 15.2. The summed E-state index contributed by atoms with van der Waals surface area (Å²) in [7, 11) is 0. The molecule has 0 saturated carbocycles. The summed E-state index contributed by atoms with van der Waals surface area (Å²) in [6, 6.07) is 23.5. The summed E-state index contributed by atoms with van der Waals surface area (Å²) < 4.78 is 24.6. The second kappa shape index (κ2) is 22.0. The third-order valence-electron chi connectivity index (χ3n) is 14.3. The minimum absolute atomic E-state index is 0.0376. The number of carbonyl (C=O) groups is 2. The quantitative estimate of drug-likeness (QED) is 0.0902. The van der Waals surface area contributed by atoms with Gasteiger partial charge in [0, 0.05) is 61.5 Å². The molecular formula is C59H55Cl3FN11O5. The topological polar surface area (TPSA) is 188 Å². The maximum absolute atomic E-state index is 15.4. The zero-order valence-electron chi connectivity index (χ0n) is 44.2. The van der Waals surface area contributed by atoms with Gasteiger partial charge in [-0.1, -0.05) is 99.4 Å². The Balaban J connectivity index is 0.968. The van der Waals surface area contributed by atoms with Gasteiger partial charge >= 0.3 is 11.4 Å². The predicted molar refractivity (Wildman–Crippen MR) is 309 cm³/mol. The molecule has 8 aromatic rings. The van der Waals surface area contributed by atoms with Crippen LogP contribution < -0.4 is 26.7 Å². The normalized spacial score (nSPS) is 15.8. The number of nitrogen functional groups attached to an aromatic ring is 1. The molecule has 0 spiro atoms. The van der Waals surface area contributed by atoms with Crippen molar-refractivity contribution in [1.82, 2.24) is 43.9 Å². The van der Waals surface area contributed by atoms with E-state index in [4.69, 9.17) is 65.2 Å². The molecule has 2 saturated heterocycles. The Labute approximate surface area is 469 Å². The summed E-state index contributed by atoms with van der Waals surface area (Å²) in [4.78, 5) is 84.9. The molecule has 16 nitrogen and oxygen atoms in total. The third kappa shape index (κ3) is 10.5. The molecule has 0 radical (unpaired) electrons. The maximum atomic E-state index is 15.4. The second-order valence-corrected chi connectivity index (χ2v) is 21.6. The van der Waals surface area contributed by atoms with Crippen molar-refractivity contribution < 1.29 is 18.7 Å². The summed E-state index contributed by atoms with van der Waals surface area (Å²) in [5, 5.41) is 1.58. The highest BCUT2D eigenvalue weighted by Crippen LogP contribution is 2.40. The van der Waals surface area contributed by atoms with Crippen molar-refractivity contribution in [2.75, 3.05) is 43.4 Å². The number of amides is 2. The Morgan fingerprint density at radius 3 is 2.13 bits per heavy atom. The van der Waals surface area contributed by atoms with Gasteiger partial charge in [-0.25, -0.2) is 33.1 Å². The number of pyridine rings is 3. The molecule has 20 heteroatoms. The molecule has 10 rings (SSSR count). The highest BCUT2D eigenvalue weighted by Gasteiger charge is 2.32. The maximum Gasteiger partial charge on any atom is 0.357 e. The smallest absolute Gasteiger partial charge is 0.357 e. The van der Waals surface area contributed by atoms with Gasteiger partial charge in [0.05, 0.1) is 66.5 Å². The van der Waals surface area contributed by atoms with Gasteiger partial charge in [-0.05, 0) is 104 Å². The Hall–Kier alpha value is -7.99. The van der Waals surface area contributed by atoms with Gasteiger partial charge in [-0.2, -0.15) is 9.97 Å². The van der Waals surface area contributed by atoms with Crippen molar-refractivity contribution in [1.29, 1.82) is 0 Å². The monoisotopic (exact) mass is 1120 g/mol. The number of hydrogen-bond donors (Lipinski definition) is 1. The van der Waals surface area contributed by atoms with Gasteiger partial charge in [0.2, 0.25) is 17.7 Å². The van der Waals surface area contributed by atoms with Crippen LogP contribution in [0.1, 0.15) is 75.4 Å². The number of hydrogen-bond acceptors (Lipinski definition) is 12. The minimum atomic E-state index is -0.736. The van der Waals surface area contributed by atoms with Crippen LogP contribution in [0.5, 0.6) is 5.88 Å². The molecule has 0 aliphatic carbocycles. The summed E-state index contributed by atoms with van der Waals surface area (Å²) >= 11 is 20.6. The van der Waals surface area contributed by atoms with Crippen LogP contribution in [0, 0.1) is 12.7 Å². The van der Waals surface area contributed by atoms with Crippen LogP contribution in [0.2, 0.25) is 15.1 Å². The lowest BCUT2D eigenvalue weighted by Crippen LogP contribution is -2.54. The lowest BCUT2D eigenvalue weighted by Gasteiger charge is -2.40. The molecule has 7 heterocycles. The first-order chi connectivity index (χ1) is 37.8. The van der Waals surface area contributed by atoms with Gasteiger partial charge in [0.25, 0.3) is 0 Å². The van der Waals surface area contributed by atoms with Crippen LogP contribution in [0.3, 0.4) is 0 Å². The number of benzene rings is 3. The predicted octanol–water partition coefficient (Wildman–Crippen LogP) is 10.8. The highest BCUT2D eigenvalue weighted by atomic mass is 35.5. The van der Waals surface area contributed by atoms with E-state index < -0.39 is 23.3 Å². The Bertz CT molecular complexity index is 3960. The molecule has 79 heavy (non-hydrogen) atoms. The van der Waals surface area contributed by atoms with E-state index in [-0.39, 0.29) is 87.5 Å². The molecule has 2 amide bonds. The Morgan fingerprint density at radius 2 is 1.42 bits per heavy atom. The van der Waals surface area contributed by atoms with Gasteiger partial charge in [0.15, 0.2) is 11.3 Å². The molecule has 2 aliphatic heterocycles. The summed E-state index contributed by atoms with van der Waals surface area (Å²) in [5.41, 5.74) is 10.4. The van der Waals surface area contributed by atoms with E-state index in [9.17, 15) is 19.2 Å². The molecular weight excluding hydrogens is 1070 g/mol. The molecule has 0 bridgehead atoms. The summed E-state index contributed by atoms with van der Waals surface area (Å²) in [5.74, 6) is -0.936. The van der Waals surface area contributed by atoms with E-state index in [0.29, 0.717) is 86.7 Å². The zero-order valence-corrected chi connectivity index (χ0v) is 46.4. The summed E-state index contributed by atoms with van der Waals surface area (Å²) in [6.07, 6.45) is 4.32. The molecule has 404 valence electrons. The Kier molecular flexibility index (Phi) is 15.2. The number of ether oxygens (including phenoxy) is 1. The number of nitrogens with two attached hydrogens (primary N) is 1. The number of aryl methyl sites for hydroxylation is 1. The molecule has 2 N–H and O–H groups in total. The lowest BCUT2D eigenvalue weighted by molar-refractivity contribution is -0.127. The minimum Gasteiger partial charge on any atom is -0.472 e. The average Bonchev–Trinajstić information content (AvgIpc) is 3.99. The van der Waals surface area contributed by atoms with Crippen molar-refractivity contribution in [2.45, 2.75) is 71.9 Å². The van der Waals surface area contributed by atoms with Crippen LogP contribution in [-0.4, -0.2) is 101 Å². The fourth-order valence-corrected chi connectivity index (χ4v) is 11.1. The number of para-hydroxylation sites is 1. The number of nitrogens with zero attached hydrogens (tertiary/aromatic N) is 10. The van der Waals surface area contributed by atoms with Crippen molar-refractivity contribution in [3.8, 4) is 39.8 Å². The van der Waals surface area contributed by atoms with Crippen molar-refractivity contribution >= 4 is 86.3 Å². The number of carbonyl (C=O) groups excluding carboxylic acids is 2. The van der Waals surface area contributed by atoms with E-state index in [0.717, 1.165) is 5.56 Å². The van der Waals surface area contributed by atoms with E-state index in [1.807, 2.05) is 56.9 Å². The number of piperazine rings is 1. The number of fused-ring (bicyclic) bond motifs is 2. The van der Waals surface area contributed by atoms with Gasteiger partial charge < -0.3 is 25.2 Å². The Morgan fingerprint density at radius 1 is 0.747 bits per heavy atom. The van der Waals surface area contributed by atoms with Crippen LogP contribution in [0.15, 0.2) is 113 Å². The molecule has 2 atom stereocenters. The van der Waals surface area contributed by atoms with E-state index in [1.165, 1.54) is 27.4 Å². The van der Waals surface area contributed by atoms with Gasteiger partial charge in [-0.15, -0.1) is 0 Å². The number of halogens is 4. The molecule has 1 unspecified atom stereocenters. The zero-order chi connectivity index (χ0) is 56.1. The average molecular weight is 1120 g/mol. The van der Waals surface area contributed by atoms with Crippen molar-refractivity contribution in [2.24, 2.45) is 0 Å². The van der Waals surface area contributed by atoms with Gasteiger partial charge in [-0.3, -0.25) is 14.6 Å². The molecule has 2 fully saturated rings. The fourth-order valence-electron chi connectivity index (χ4n) is 10.4. The largest absolute Gasteiger partial charge is 0.472 e. The SMILES string of the molecule is C=CC(=O)N1CCC(Oc2nc(=O)n(-c3c(C)cc(/C=C\C(=O)N4CCN(c5nc(=O)n(-c6ccccc6C(C)C)c6nc(-c7cc(N)ccc7Cl)c(Cl)cc56)[C@@H](C)C4)nc3C(C)C)c3nc(-c4ccccc4F)c(Cl)cc23)C1. The summed E-state index contributed by atoms with van der Waals surface area (Å²) in [6.45, 7) is 16.9. The van der Waals surface area contributed by atoms with Crippen LogP contribution in [0.4, 0.5) is 15.9 Å². The highest BCUT2D eigenvalue weighted by molar-refractivity contribution is 6.37. The van der Waals surface area contributed by atoms with E-state index in [2.05, 4.69) is 25.4 Å². The van der Waals surface area contributed by atoms with Crippen molar-refractivity contribution in [3.05, 3.63) is 168 Å². The molecule has 5 aromatic heterocycles. The van der Waals surface area contributed by atoms with Crippen LogP contribution in [-0.2, 0) is 9.59 Å². The number of rotatable bonds is 12. The van der Waals surface area contributed by atoms with Crippen LogP contribution in [0.25, 0.3) is 62.0 Å². The molecule has 3 aromatic carbocycles. The second-order valence-electron chi connectivity index (χ2n) is 20.3.